The van der Waals surface area contributed by atoms with Crippen LogP contribution in [0.2, 0.25) is 0 Å². The lowest BCUT2D eigenvalue weighted by Gasteiger charge is -2.35. The molecule has 0 N–H and O–H groups in total. The largest absolute Gasteiger partial charge is 0.335 e. The standard InChI is InChI=1S/C21H30N2O2/c1-22(19-10-6-3-7-11-19)20(24)21(25)23-14-12-18(13-15-23)16-17-8-4-2-5-9-17/h2,4-5,8-9,18-19H,3,6-7,10-16H2,1H3. The van der Waals surface area contributed by atoms with Crippen LogP contribution in [0.1, 0.15) is 50.5 Å². The number of likely N-dealkylation sites (N-methyl/N-ethyl adjacent to an activating group) is 1. The predicted molar refractivity (Wildman–Crippen MR) is 99.1 cm³/mol. The lowest BCUT2D eigenvalue weighted by molar-refractivity contribution is -0.153. The first kappa shape index (κ1) is 18.0. The number of carbonyl (C=O) groups is 2. The molecule has 3 rings (SSSR count). The van der Waals surface area contributed by atoms with Gasteiger partial charge < -0.3 is 9.80 Å². The van der Waals surface area contributed by atoms with E-state index in [9.17, 15) is 9.59 Å². The van der Waals surface area contributed by atoms with Crippen LogP contribution in [-0.2, 0) is 16.0 Å². The number of hydrogen-bond acceptors (Lipinski definition) is 2. The molecular weight excluding hydrogens is 312 g/mol. The van der Waals surface area contributed by atoms with Crippen molar-refractivity contribution in [1.82, 2.24) is 9.80 Å². The molecule has 4 heteroatoms. The summed E-state index contributed by atoms with van der Waals surface area (Å²) in [6, 6.07) is 10.8. The highest BCUT2D eigenvalue weighted by atomic mass is 16.2. The van der Waals surface area contributed by atoms with E-state index in [2.05, 4.69) is 24.3 Å². The van der Waals surface area contributed by atoms with E-state index in [1.54, 1.807) is 16.8 Å². The monoisotopic (exact) mass is 342 g/mol. The Hall–Kier alpha value is -1.84. The van der Waals surface area contributed by atoms with E-state index in [1.165, 1.54) is 24.8 Å². The van der Waals surface area contributed by atoms with Crippen LogP contribution in [0.15, 0.2) is 30.3 Å². The Morgan fingerprint density at radius 1 is 1.00 bits per heavy atom. The molecule has 4 nitrogen and oxygen atoms in total. The summed E-state index contributed by atoms with van der Waals surface area (Å²) in [7, 11) is 1.80. The van der Waals surface area contributed by atoms with Crippen molar-refractivity contribution in [2.75, 3.05) is 20.1 Å². The molecule has 136 valence electrons. The highest BCUT2D eigenvalue weighted by molar-refractivity contribution is 6.34. The van der Waals surface area contributed by atoms with Gasteiger partial charge >= 0.3 is 11.8 Å². The lowest BCUT2D eigenvalue weighted by atomic mass is 9.90. The SMILES string of the molecule is CN(C(=O)C(=O)N1CCC(Cc2ccccc2)CC1)C1CCCCC1. The number of rotatable bonds is 3. The zero-order valence-corrected chi connectivity index (χ0v) is 15.3. The van der Waals surface area contributed by atoms with Gasteiger partial charge in [0.25, 0.3) is 0 Å². The second-order valence-corrected chi connectivity index (χ2v) is 7.63. The number of likely N-dealkylation sites (tertiary alicyclic amines) is 1. The zero-order valence-electron chi connectivity index (χ0n) is 15.3. The average molecular weight is 342 g/mol. The summed E-state index contributed by atoms with van der Waals surface area (Å²) in [5.41, 5.74) is 1.36. The van der Waals surface area contributed by atoms with Gasteiger partial charge in [0.05, 0.1) is 0 Å². The normalized spacial score (nSPS) is 19.6. The Morgan fingerprint density at radius 2 is 1.64 bits per heavy atom. The van der Waals surface area contributed by atoms with Crippen molar-refractivity contribution in [3.8, 4) is 0 Å². The Kier molecular flexibility index (Phi) is 6.11. The van der Waals surface area contributed by atoms with Crippen molar-refractivity contribution in [2.45, 2.75) is 57.4 Å². The molecule has 0 bridgehead atoms. The van der Waals surface area contributed by atoms with E-state index in [-0.39, 0.29) is 17.9 Å². The molecule has 2 aliphatic rings. The summed E-state index contributed by atoms with van der Waals surface area (Å²) in [4.78, 5) is 28.6. The number of hydrogen-bond donors (Lipinski definition) is 0. The van der Waals surface area contributed by atoms with Gasteiger partial charge in [-0.15, -0.1) is 0 Å². The molecule has 1 heterocycles. The van der Waals surface area contributed by atoms with Gasteiger partial charge in [-0.25, -0.2) is 0 Å². The highest BCUT2D eigenvalue weighted by Crippen LogP contribution is 2.24. The van der Waals surface area contributed by atoms with Crippen molar-refractivity contribution in [2.24, 2.45) is 5.92 Å². The second-order valence-electron chi connectivity index (χ2n) is 7.63. The topological polar surface area (TPSA) is 40.6 Å². The fraction of sp³-hybridized carbons (Fsp3) is 0.619. The zero-order chi connectivity index (χ0) is 17.6. The second kappa shape index (κ2) is 8.50. The van der Waals surface area contributed by atoms with Crippen molar-refractivity contribution >= 4 is 11.8 Å². The summed E-state index contributed by atoms with van der Waals surface area (Å²) in [5, 5.41) is 0. The fourth-order valence-corrected chi connectivity index (χ4v) is 4.21. The number of benzene rings is 1. The number of carbonyl (C=O) groups excluding carboxylic acids is 2. The average Bonchev–Trinajstić information content (AvgIpc) is 2.68. The maximum Gasteiger partial charge on any atom is 0.312 e. The predicted octanol–water partition coefficient (Wildman–Crippen LogP) is 3.26. The molecule has 1 saturated heterocycles. The molecule has 2 fully saturated rings. The highest BCUT2D eigenvalue weighted by Gasteiger charge is 2.32. The maximum atomic E-state index is 12.6. The number of nitrogens with zero attached hydrogens (tertiary/aromatic N) is 2. The van der Waals surface area contributed by atoms with Gasteiger partial charge in [0.2, 0.25) is 0 Å². The molecule has 1 saturated carbocycles. The van der Waals surface area contributed by atoms with E-state index >= 15 is 0 Å². The Bertz CT molecular complexity index is 573. The molecule has 2 amide bonds. The van der Waals surface area contributed by atoms with Crippen molar-refractivity contribution in [3.63, 3.8) is 0 Å². The van der Waals surface area contributed by atoms with Gasteiger partial charge in [-0.05, 0) is 43.6 Å². The number of piperidine rings is 1. The Balaban J connectivity index is 1.48. The van der Waals surface area contributed by atoms with Crippen LogP contribution in [0, 0.1) is 5.92 Å². The molecule has 1 aliphatic heterocycles. The third kappa shape index (κ3) is 4.62. The van der Waals surface area contributed by atoms with Gasteiger partial charge in [-0.3, -0.25) is 9.59 Å². The van der Waals surface area contributed by atoms with E-state index in [1.807, 2.05) is 6.07 Å². The lowest BCUT2D eigenvalue weighted by Crippen LogP contribution is -2.50. The summed E-state index contributed by atoms with van der Waals surface area (Å²) >= 11 is 0. The minimum Gasteiger partial charge on any atom is -0.335 e. The van der Waals surface area contributed by atoms with Crippen LogP contribution in [0.5, 0.6) is 0 Å². The van der Waals surface area contributed by atoms with E-state index in [0.717, 1.165) is 32.1 Å². The van der Waals surface area contributed by atoms with Crippen LogP contribution >= 0.6 is 0 Å². The first-order valence-electron chi connectivity index (χ1n) is 9.75. The maximum absolute atomic E-state index is 12.6. The van der Waals surface area contributed by atoms with Gasteiger partial charge in [-0.1, -0.05) is 49.6 Å². The fourth-order valence-electron chi connectivity index (χ4n) is 4.21. The molecular formula is C21H30N2O2. The van der Waals surface area contributed by atoms with E-state index in [4.69, 9.17) is 0 Å². The van der Waals surface area contributed by atoms with Crippen LogP contribution < -0.4 is 0 Å². The summed E-state index contributed by atoms with van der Waals surface area (Å²) in [5.74, 6) is -0.00253. The Labute approximate surface area is 151 Å². The first-order chi connectivity index (χ1) is 12.1. The van der Waals surface area contributed by atoms with Crippen molar-refractivity contribution < 1.29 is 9.59 Å². The molecule has 1 aromatic rings. The molecule has 0 spiro atoms. The first-order valence-corrected chi connectivity index (χ1v) is 9.75. The van der Waals surface area contributed by atoms with Crippen LogP contribution in [-0.4, -0.2) is 47.8 Å². The molecule has 0 radical (unpaired) electrons. The minimum absolute atomic E-state index is 0.251. The van der Waals surface area contributed by atoms with Crippen molar-refractivity contribution in [1.29, 1.82) is 0 Å². The molecule has 0 unspecified atom stereocenters. The summed E-state index contributed by atoms with van der Waals surface area (Å²) < 4.78 is 0. The van der Waals surface area contributed by atoms with Crippen LogP contribution in [0.4, 0.5) is 0 Å². The summed E-state index contributed by atoms with van der Waals surface area (Å²) in [6.45, 7) is 1.42. The third-order valence-electron chi connectivity index (χ3n) is 5.89. The van der Waals surface area contributed by atoms with Gasteiger partial charge in [0.15, 0.2) is 0 Å². The molecule has 0 atom stereocenters. The molecule has 1 aliphatic carbocycles. The van der Waals surface area contributed by atoms with E-state index in [0.29, 0.717) is 19.0 Å². The molecule has 1 aromatic carbocycles. The van der Waals surface area contributed by atoms with Gasteiger partial charge in [0, 0.05) is 26.2 Å². The van der Waals surface area contributed by atoms with Gasteiger partial charge in [-0.2, -0.15) is 0 Å². The van der Waals surface area contributed by atoms with E-state index < -0.39 is 0 Å². The quantitative estimate of drug-likeness (QED) is 0.791. The molecule has 25 heavy (non-hydrogen) atoms. The minimum atomic E-state index is -0.312. The van der Waals surface area contributed by atoms with Crippen molar-refractivity contribution in [3.05, 3.63) is 35.9 Å². The van der Waals surface area contributed by atoms with Crippen LogP contribution in [0.3, 0.4) is 0 Å². The summed E-state index contributed by atoms with van der Waals surface area (Å²) in [6.07, 6.45) is 8.70. The van der Waals surface area contributed by atoms with Gasteiger partial charge in [0.1, 0.15) is 0 Å². The third-order valence-corrected chi connectivity index (χ3v) is 5.89. The Morgan fingerprint density at radius 3 is 2.28 bits per heavy atom. The molecule has 0 aromatic heterocycles. The number of amides is 2. The van der Waals surface area contributed by atoms with Crippen LogP contribution in [0.25, 0.3) is 0 Å². The smallest absolute Gasteiger partial charge is 0.312 e.